The van der Waals surface area contributed by atoms with Crippen LogP contribution in [-0.4, -0.2) is 37.7 Å². The van der Waals surface area contributed by atoms with E-state index in [4.69, 9.17) is 13.9 Å². The molecule has 0 aliphatic rings. The van der Waals surface area contributed by atoms with E-state index in [2.05, 4.69) is 5.32 Å². The maximum Gasteiger partial charge on any atom is 0.310 e. The number of furan rings is 1. The van der Waals surface area contributed by atoms with Gasteiger partial charge in [-0.3, -0.25) is 9.59 Å². The molecule has 0 spiro atoms. The Balaban J connectivity index is 1.75. The number of ether oxygens (including phenoxy) is 2. The van der Waals surface area contributed by atoms with E-state index in [1.54, 1.807) is 6.26 Å². The molecule has 0 bridgehead atoms. The van der Waals surface area contributed by atoms with Crippen molar-refractivity contribution in [2.45, 2.75) is 46.6 Å². The fourth-order valence-electron chi connectivity index (χ4n) is 2.50. The van der Waals surface area contributed by atoms with Gasteiger partial charge < -0.3 is 19.2 Å². The Labute approximate surface area is 153 Å². The van der Waals surface area contributed by atoms with Crippen LogP contribution in [0.1, 0.15) is 37.0 Å². The summed E-state index contributed by atoms with van der Waals surface area (Å²) in [6.45, 7) is 8.75. The number of nitrogens with one attached hydrogen (secondary N) is 1. The molecule has 6 nitrogen and oxygen atoms in total. The summed E-state index contributed by atoms with van der Waals surface area (Å²) in [7, 11) is 0. The Morgan fingerprint density at radius 2 is 1.92 bits per heavy atom. The van der Waals surface area contributed by atoms with E-state index >= 15 is 0 Å². The fourth-order valence-corrected chi connectivity index (χ4v) is 2.50. The highest BCUT2D eigenvalue weighted by Crippen LogP contribution is 2.25. The lowest BCUT2D eigenvalue weighted by atomic mass is 10.0. The molecule has 2 aromatic rings. The van der Waals surface area contributed by atoms with Gasteiger partial charge in [-0.1, -0.05) is 0 Å². The minimum atomic E-state index is -0.454. The summed E-state index contributed by atoms with van der Waals surface area (Å²) in [5, 5.41) is 3.60. The smallest absolute Gasteiger partial charge is 0.310 e. The molecular weight excluding hydrogens is 334 g/mol. The molecule has 142 valence electrons. The highest BCUT2D eigenvalue weighted by Gasteiger charge is 2.14. The predicted molar refractivity (Wildman–Crippen MR) is 99.1 cm³/mol. The molecule has 0 aliphatic carbocycles. The van der Waals surface area contributed by atoms with Gasteiger partial charge in [-0.05, 0) is 57.4 Å². The van der Waals surface area contributed by atoms with Crippen LogP contribution in [0.15, 0.2) is 22.8 Å². The molecule has 0 fully saturated rings. The van der Waals surface area contributed by atoms with Crippen LogP contribution in [0.2, 0.25) is 0 Å². The van der Waals surface area contributed by atoms with E-state index in [1.165, 1.54) is 0 Å². The molecule has 0 saturated heterocycles. The maximum atomic E-state index is 12.0. The summed E-state index contributed by atoms with van der Waals surface area (Å²) in [6.07, 6.45) is 2.54. The number of aryl methyl sites for hydroxylation is 2. The first kappa shape index (κ1) is 20.0. The van der Waals surface area contributed by atoms with Crippen LogP contribution >= 0.6 is 0 Å². The third-order valence-electron chi connectivity index (χ3n) is 4.06. The van der Waals surface area contributed by atoms with Gasteiger partial charge in [0.1, 0.15) is 5.58 Å². The van der Waals surface area contributed by atoms with Crippen LogP contribution in [0.3, 0.4) is 0 Å². The van der Waals surface area contributed by atoms with E-state index in [9.17, 15) is 9.59 Å². The van der Waals surface area contributed by atoms with Crippen LogP contribution in [0, 0.1) is 13.8 Å². The van der Waals surface area contributed by atoms with Gasteiger partial charge in [-0.2, -0.15) is 0 Å². The van der Waals surface area contributed by atoms with Crippen molar-refractivity contribution in [3.63, 3.8) is 0 Å². The zero-order valence-electron chi connectivity index (χ0n) is 15.9. The van der Waals surface area contributed by atoms with Crippen molar-refractivity contribution in [3.05, 3.63) is 35.1 Å². The molecule has 0 radical (unpaired) electrons. The van der Waals surface area contributed by atoms with E-state index < -0.39 is 5.97 Å². The largest absolute Gasteiger partial charge is 0.464 e. The van der Waals surface area contributed by atoms with Gasteiger partial charge in [-0.25, -0.2) is 0 Å². The first-order chi connectivity index (χ1) is 12.4. The minimum absolute atomic E-state index is 0.0744. The van der Waals surface area contributed by atoms with Crippen molar-refractivity contribution < 1.29 is 23.5 Å². The van der Waals surface area contributed by atoms with Crippen molar-refractivity contribution in [1.29, 1.82) is 0 Å². The molecule has 0 unspecified atom stereocenters. The van der Waals surface area contributed by atoms with Crippen molar-refractivity contribution in [2.24, 2.45) is 0 Å². The summed E-state index contributed by atoms with van der Waals surface area (Å²) < 4.78 is 15.9. The van der Waals surface area contributed by atoms with E-state index in [1.807, 2.05) is 39.8 Å². The highest BCUT2D eigenvalue weighted by molar-refractivity contribution is 5.87. The molecule has 0 atom stereocenters. The molecule has 1 aromatic heterocycles. The lowest BCUT2D eigenvalue weighted by molar-refractivity contribution is -0.147. The van der Waals surface area contributed by atoms with E-state index in [0.717, 1.165) is 34.1 Å². The average Bonchev–Trinajstić information content (AvgIpc) is 2.94. The maximum absolute atomic E-state index is 12.0. The predicted octanol–water partition coefficient (Wildman–Crippen LogP) is 3.07. The van der Waals surface area contributed by atoms with Crippen molar-refractivity contribution in [3.8, 4) is 0 Å². The number of benzene rings is 1. The quantitative estimate of drug-likeness (QED) is 0.549. The van der Waals surface area contributed by atoms with Crippen molar-refractivity contribution in [2.75, 3.05) is 19.8 Å². The molecule has 6 heteroatoms. The summed E-state index contributed by atoms with van der Waals surface area (Å²) >= 11 is 0. The SMILES string of the molecule is Cc1cc2occ(CC(=O)OCC(=O)NCCCOC(C)C)c2cc1C. The molecule has 26 heavy (non-hydrogen) atoms. The number of rotatable bonds is 9. The van der Waals surface area contributed by atoms with Crippen molar-refractivity contribution >= 4 is 22.8 Å². The number of esters is 1. The van der Waals surface area contributed by atoms with Crippen LogP contribution in [0.5, 0.6) is 0 Å². The van der Waals surface area contributed by atoms with Gasteiger partial charge in [0.2, 0.25) is 0 Å². The van der Waals surface area contributed by atoms with Crippen LogP contribution in [0.4, 0.5) is 0 Å². The van der Waals surface area contributed by atoms with E-state index in [0.29, 0.717) is 13.2 Å². The molecule has 2 rings (SSSR count). The Morgan fingerprint density at radius 1 is 1.19 bits per heavy atom. The van der Waals surface area contributed by atoms with Crippen molar-refractivity contribution in [1.82, 2.24) is 5.32 Å². The lowest BCUT2D eigenvalue weighted by Gasteiger charge is -2.08. The second-order valence-corrected chi connectivity index (χ2v) is 6.65. The minimum Gasteiger partial charge on any atom is -0.464 e. The third-order valence-corrected chi connectivity index (χ3v) is 4.06. The van der Waals surface area contributed by atoms with Crippen LogP contribution in [-0.2, 0) is 25.5 Å². The lowest BCUT2D eigenvalue weighted by Crippen LogP contribution is -2.30. The molecule has 1 amide bonds. The number of carbonyl (C=O) groups is 2. The number of hydrogen-bond donors (Lipinski definition) is 1. The Kier molecular flexibility index (Phi) is 7.21. The topological polar surface area (TPSA) is 77.8 Å². The van der Waals surface area contributed by atoms with Gasteiger partial charge in [-0.15, -0.1) is 0 Å². The first-order valence-electron chi connectivity index (χ1n) is 8.88. The summed E-state index contributed by atoms with van der Waals surface area (Å²) in [5.74, 6) is -0.768. The van der Waals surface area contributed by atoms with E-state index in [-0.39, 0.29) is 25.0 Å². The molecule has 1 aromatic carbocycles. The normalized spacial score (nSPS) is 11.1. The highest BCUT2D eigenvalue weighted by atomic mass is 16.5. The number of hydrogen-bond acceptors (Lipinski definition) is 5. The Hall–Kier alpha value is -2.34. The number of fused-ring (bicyclic) bond motifs is 1. The molecule has 1 N–H and O–H groups in total. The standard InChI is InChI=1S/C20H27NO5/c1-13(2)24-7-5-6-21-19(22)12-26-20(23)10-16-11-25-18-9-15(4)14(3)8-17(16)18/h8-9,11,13H,5-7,10,12H2,1-4H3,(H,21,22). The van der Waals surface area contributed by atoms with Gasteiger partial charge in [0, 0.05) is 24.1 Å². The van der Waals surface area contributed by atoms with Gasteiger partial charge in [0.25, 0.3) is 5.91 Å². The molecule has 1 heterocycles. The van der Waals surface area contributed by atoms with Crippen LogP contribution < -0.4 is 5.32 Å². The zero-order chi connectivity index (χ0) is 19.1. The third kappa shape index (κ3) is 5.88. The number of amides is 1. The Morgan fingerprint density at radius 3 is 2.65 bits per heavy atom. The average molecular weight is 361 g/mol. The first-order valence-corrected chi connectivity index (χ1v) is 8.88. The summed E-state index contributed by atoms with van der Waals surface area (Å²) in [4.78, 5) is 23.7. The molecular formula is C20H27NO5. The second-order valence-electron chi connectivity index (χ2n) is 6.65. The Bertz CT molecular complexity index is 763. The second kappa shape index (κ2) is 9.38. The summed E-state index contributed by atoms with van der Waals surface area (Å²) in [5.41, 5.74) is 3.78. The zero-order valence-corrected chi connectivity index (χ0v) is 15.9. The van der Waals surface area contributed by atoms with Gasteiger partial charge in [0.05, 0.1) is 18.8 Å². The number of carbonyl (C=O) groups excluding carboxylic acids is 2. The molecule has 0 saturated carbocycles. The van der Waals surface area contributed by atoms with Gasteiger partial charge in [0.15, 0.2) is 6.61 Å². The molecule has 0 aliphatic heterocycles. The monoisotopic (exact) mass is 361 g/mol. The fraction of sp³-hybridized carbons (Fsp3) is 0.500. The van der Waals surface area contributed by atoms with Gasteiger partial charge >= 0.3 is 5.97 Å². The summed E-state index contributed by atoms with van der Waals surface area (Å²) in [6, 6.07) is 3.96. The van der Waals surface area contributed by atoms with Crippen LogP contribution in [0.25, 0.3) is 11.0 Å².